The minimum absolute atomic E-state index is 0.189. The Kier molecular flexibility index (Phi) is 6.17. The number of sulfonamides is 1. The summed E-state index contributed by atoms with van der Waals surface area (Å²) in [5, 5.41) is 8.74. The van der Waals surface area contributed by atoms with Crippen LogP contribution in [-0.4, -0.2) is 54.5 Å². The van der Waals surface area contributed by atoms with Crippen LogP contribution in [0, 0.1) is 11.3 Å². The molecule has 0 N–H and O–H groups in total. The molecule has 0 unspecified atom stereocenters. The minimum Gasteiger partial charge on any atom is -0.444 e. The van der Waals surface area contributed by atoms with Crippen molar-refractivity contribution in [1.29, 1.82) is 5.26 Å². The molecule has 1 amide bonds. The van der Waals surface area contributed by atoms with E-state index in [2.05, 4.69) is 0 Å². The van der Waals surface area contributed by atoms with Gasteiger partial charge in [0.25, 0.3) is 0 Å². The molecule has 0 bridgehead atoms. The van der Waals surface area contributed by atoms with Gasteiger partial charge in [0.15, 0.2) is 0 Å². The fraction of sp³-hybridized carbons (Fsp3) is 0.579. The number of rotatable bonds is 3. The van der Waals surface area contributed by atoms with Crippen LogP contribution in [0.1, 0.15) is 40.2 Å². The maximum atomic E-state index is 13.0. The number of nitriles is 1. The number of carbonyl (C=O) groups is 1. The Morgan fingerprint density at radius 2 is 1.78 bits per heavy atom. The van der Waals surface area contributed by atoms with Gasteiger partial charge in [-0.1, -0.05) is 12.1 Å². The number of hydrogen-bond donors (Lipinski definition) is 0. The highest BCUT2D eigenvalue weighted by atomic mass is 32.2. The molecule has 8 heteroatoms. The third kappa shape index (κ3) is 4.99. The topological polar surface area (TPSA) is 90.7 Å². The molecule has 1 fully saturated rings. The van der Waals surface area contributed by atoms with E-state index in [0.717, 1.165) is 5.56 Å². The first-order chi connectivity index (χ1) is 12.5. The number of carbonyl (C=O) groups excluding carboxylic acids is 1. The van der Waals surface area contributed by atoms with Gasteiger partial charge in [0, 0.05) is 25.2 Å². The zero-order chi connectivity index (χ0) is 20.4. The SMILES string of the molecule is C[C@@H]1CN(S(=O)(=O)c2ccc(CC#N)cc2)[C@@H](C)CN1C(=O)OC(C)(C)C. The first-order valence-corrected chi connectivity index (χ1v) is 10.4. The molecule has 1 aromatic carbocycles. The van der Waals surface area contributed by atoms with Crippen molar-refractivity contribution in [1.82, 2.24) is 9.21 Å². The molecule has 1 aromatic rings. The van der Waals surface area contributed by atoms with Gasteiger partial charge < -0.3 is 9.64 Å². The van der Waals surface area contributed by atoms with E-state index in [-0.39, 0.29) is 36.5 Å². The largest absolute Gasteiger partial charge is 0.444 e. The van der Waals surface area contributed by atoms with Gasteiger partial charge in [-0.15, -0.1) is 0 Å². The van der Waals surface area contributed by atoms with E-state index in [0.29, 0.717) is 0 Å². The average molecular weight is 394 g/mol. The third-order valence-electron chi connectivity index (χ3n) is 4.37. The molecular weight excluding hydrogens is 366 g/mol. The molecule has 0 spiro atoms. The summed E-state index contributed by atoms with van der Waals surface area (Å²) in [4.78, 5) is 14.2. The lowest BCUT2D eigenvalue weighted by Gasteiger charge is -2.43. The zero-order valence-corrected chi connectivity index (χ0v) is 17.3. The Morgan fingerprint density at radius 1 is 1.19 bits per heavy atom. The van der Waals surface area contributed by atoms with Crippen molar-refractivity contribution in [3.63, 3.8) is 0 Å². The number of ether oxygens (including phenoxy) is 1. The normalized spacial score (nSPS) is 21.6. The molecule has 2 atom stereocenters. The van der Waals surface area contributed by atoms with Crippen LogP contribution < -0.4 is 0 Å². The molecule has 0 aromatic heterocycles. The predicted molar refractivity (Wildman–Crippen MR) is 102 cm³/mol. The monoisotopic (exact) mass is 393 g/mol. The van der Waals surface area contributed by atoms with Crippen LogP contribution in [0.3, 0.4) is 0 Å². The summed E-state index contributed by atoms with van der Waals surface area (Å²) in [5.41, 5.74) is 0.168. The second-order valence-electron chi connectivity index (χ2n) is 7.88. The summed E-state index contributed by atoms with van der Waals surface area (Å²) in [7, 11) is -3.69. The van der Waals surface area contributed by atoms with Crippen LogP contribution >= 0.6 is 0 Å². The summed E-state index contributed by atoms with van der Waals surface area (Å²) in [6.07, 6.45) is -0.192. The highest BCUT2D eigenvalue weighted by Gasteiger charge is 2.40. The summed E-state index contributed by atoms with van der Waals surface area (Å²) < 4.78 is 32.9. The Balaban J connectivity index is 2.18. The Bertz CT molecular complexity index is 822. The van der Waals surface area contributed by atoms with E-state index in [1.807, 2.05) is 13.0 Å². The van der Waals surface area contributed by atoms with E-state index in [1.54, 1.807) is 44.7 Å². The van der Waals surface area contributed by atoms with Crippen LogP contribution in [0.15, 0.2) is 29.2 Å². The Labute approximate surface area is 161 Å². The lowest BCUT2D eigenvalue weighted by molar-refractivity contribution is 0.00190. The van der Waals surface area contributed by atoms with E-state index < -0.39 is 21.7 Å². The molecular formula is C19H27N3O4S. The maximum absolute atomic E-state index is 13.0. The third-order valence-corrected chi connectivity index (χ3v) is 6.36. The van der Waals surface area contributed by atoms with E-state index >= 15 is 0 Å². The number of amides is 1. The first-order valence-electron chi connectivity index (χ1n) is 8.93. The summed E-state index contributed by atoms with van der Waals surface area (Å²) >= 11 is 0. The van der Waals surface area contributed by atoms with Gasteiger partial charge in [0.05, 0.1) is 17.4 Å². The smallest absolute Gasteiger partial charge is 0.410 e. The number of nitrogens with zero attached hydrogens (tertiary/aromatic N) is 3. The highest BCUT2D eigenvalue weighted by molar-refractivity contribution is 7.89. The van der Waals surface area contributed by atoms with Gasteiger partial charge in [0.2, 0.25) is 10.0 Å². The molecule has 0 radical (unpaired) electrons. The van der Waals surface area contributed by atoms with Gasteiger partial charge in [-0.2, -0.15) is 9.57 Å². The van der Waals surface area contributed by atoms with Crippen molar-refractivity contribution in [3.05, 3.63) is 29.8 Å². The fourth-order valence-corrected chi connectivity index (χ4v) is 4.71. The number of benzene rings is 1. The van der Waals surface area contributed by atoms with Crippen molar-refractivity contribution >= 4 is 16.1 Å². The first kappa shape index (κ1) is 21.2. The zero-order valence-electron chi connectivity index (χ0n) is 16.5. The molecule has 0 aliphatic carbocycles. The van der Waals surface area contributed by atoms with Crippen molar-refractivity contribution in [3.8, 4) is 6.07 Å². The van der Waals surface area contributed by atoms with Gasteiger partial charge >= 0.3 is 6.09 Å². The highest BCUT2D eigenvalue weighted by Crippen LogP contribution is 2.25. The molecule has 148 valence electrons. The number of piperazine rings is 1. The van der Waals surface area contributed by atoms with E-state index in [9.17, 15) is 13.2 Å². The van der Waals surface area contributed by atoms with Crippen LogP contribution in [0.2, 0.25) is 0 Å². The quantitative estimate of drug-likeness (QED) is 0.787. The molecule has 1 aliphatic rings. The standard InChI is InChI=1S/C19H27N3O4S/c1-14-13-22(15(2)12-21(14)18(23)26-19(3,4)5)27(24,25)17-8-6-16(7-9-17)10-11-20/h6-9,14-15H,10,12-13H2,1-5H3/t14-,15+/m1/s1. The van der Waals surface area contributed by atoms with Gasteiger partial charge in [0.1, 0.15) is 5.60 Å². The van der Waals surface area contributed by atoms with Crippen LogP contribution in [0.5, 0.6) is 0 Å². The lowest BCUT2D eigenvalue weighted by atomic mass is 10.1. The average Bonchev–Trinajstić information content (AvgIpc) is 2.55. The van der Waals surface area contributed by atoms with E-state index in [1.165, 1.54) is 16.4 Å². The Hall–Kier alpha value is -2.11. The Morgan fingerprint density at radius 3 is 2.30 bits per heavy atom. The lowest BCUT2D eigenvalue weighted by Crippen LogP contribution is -2.59. The van der Waals surface area contributed by atoms with Crippen LogP contribution in [0.25, 0.3) is 0 Å². The molecule has 0 saturated carbocycles. The maximum Gasteiger partial charge on any atom is 0.410 e. The summed E-state index contributed by atoms with van der Waals surface area (Å²) in [5.74, 6) is 0. The van der Waals surface area contributed by atoms with Gasteiger partial charge in [-0.3, -0.25) is 0 Å². The molecule has 1 saturated heterocycles. The second-order valence-corrected chi connectivity index (χ2v) is 9.77. The van der Waals surface area contributed by atoms with Crippen LogP contribution in [0.4, 0.5) is 4.79 Å². The molecule has 27 heavy (non-hydrogen) atoms. The minimum atomic E-state index is -3.69. The molecule has 1 aliphatic heterocycles. The molecule has 1 heterocycles. The second kappa shape index (κ2) is 7.87. The van der Waals surface area contributed by atoms with E-state index in [4.69, 9.17) is 10.00 Å². The predicted octanol–water partition coefficient (Wildman–Crippen LogP) is 2.77. The van der Waals surface area contributed by atoms with Crippen molar-refractivity contribution in [2.75, 3.05) is 13.1 Å². The van der Waals surface area contributed by atoms with Crippen molar-refractivity contribution < 1.29 is 17.9 Å². The molecule has 7 nitrogen and oxygen atoms in total. The van der Waals surface area contributed by atoms with Gasteiger partial charge in [-0.25, -0.2) is 13.2 Å². The summed E-state index contributed by atoms with van der Waals surface area (Å²) in [6, 6.07) is 7.72. The van der Waals surface area contributed by atoms with Crippen molar-refractivity contribution in [2.45, 2.75) is 63.6 Å². The summed E-state index contributed by atoms with van der Waals surface area (Å²) in [6.45, 7) is 9.46. The molecule has 2 rings (SSSR count). The fourth-order valence-electron chi connectivity index (χ4n) is 3.01. The van der Waals surface area contributed by atoms with Gasteiger partial charge in [-0.05, 0) is 52.3 Å². The van der Waals surface area contributed by atoms with Crippen molar-refractivity contribution in [2.24, 2.45) is 0 Å². The van der Waals surface area contributed by atoms with Crippen LogP contribution in [-0.2, 0) is 21.2 Å². The number of hydrogen-bond acceptors (Lipinski definition) is 5.